The third-order valence-electron chi connectivity index (χ3n) is 2.12. The summed E-state index contributed by atoms with van der Waals surface area (Å²) in [5.41, 5.74) is 5.67. The fraction of sp³-hybridized carbons (Fsp3) is 0.200. The number of benzene rings is 1. The van der Waals surface area contributed by atoms with Gasteiger partial charge in [0.1, 0.15) is 5.82 Å². The number of anilines is 1. The molecule has 0 bridgehead atoms. The number of nitrogen functional groups attached to an aromatic ring is 1. The first-order valence-electron chi connectivity index (χ1n) is 5.01. The van der Waals surface area contributed by atoms with E-state index in [2.05, 4.69) is 15.4 Å². The molecule has 1 heterocycles. The van der Waals surface area contributed by atoms with Gasteiger partial charge in [0.05, 0.1) is 12.6 Å². The van der Waals surface area contributed by atoms with Gasteiger partial charge < -0.3 is 10.5 Å². The lowest BCUT2D eigenvalue weighted by molar-refractivity contribution is 0.0462. The van der Waals surface area contributed by atoms with Crippen LogP contribution in [-0.4, -0.2) is 26.2 Å². The van der Waals surface area contributed by atoms with E-state index in [-0.39, 0.29) is 23.7 Å². The Bertz CT molecular complexity index is 583. The van der Waals surface area contributed by atoms with Crippen LogP contribution in [0.25, 0.3) is 0 Å². The van der Waals surface area contributed by atoms with Crippen LogP contribution in [0.2, 0.25) is 0 Å². The molecule has 0 fully saturated rings. The summed E-state index contributed by atoms with van der Waals surface area (Å²) in [6, 6.07) is 3.48. The summed E-state index contributed by atoms with van der Waals surface area (Å²) in [6.45, 7) is -0.150. The second-order valence-electron chi connectivity index (χ2n) is 3.50. The molecule has 1 aromatic heterocycles. The van der Waals surface area contributed by atoms with Crippen molar-refractivity contribution in [1.82, 2.24) is 20.2 Å². The molecule has 0 spiro atoms. The average molecular weight is 251 g/mol. The Kier molecular flexibility index (Phi) is 3.18. The number of carbonyl (C=O) groups excluding carboxylic acids is 1. The molecule has 7 nitrogen and oxygen atoms in total. The molecule has 0 saturated carbocycles. The predicted octanol–water partition coefficient (Wildman–Crippen LogP) is 0.288. The Morgan fingerprint density at radius 3 is 3.00 bits per heavy atom. The maximum absolute atomic E-state index is 13.0. The van der Waals surface area contributed by atoms with Gasteiger partial charge >= 0.3 is 5.97 Å². The number of ether oxygens (including phenoxy) is 1. The number of nitrogens with two attached hydrogens (primary N) is 1. The van der Waals surface area contributed by atoms with Crippen molar-refractivity contribution in [3.05, 3.63) is 35.4 Å². The molecule has 8 heteroatoms. The number of tetrazole rings is 1. The highest BCUT2D eigenvalue weighted by Crippen LogP contribution is 2.14. The van der Waals surface area contributed by atoms with Gasteiger partial charge in [-0.25, -0.2) is 9.18 Å². The smallest absolute Gasteiger partial charge is 0.340 e. The number of hydrogen-bond donors (Lipinski definition) is 1. The highest BCUT2D eigenvalue weighted by Gasteiger charge is 2.13. The Morgan fingerprint density at radius 1 is 1.56 bits per heavy atom. The molecule has 18 heavy (non-hydrogen) atoms. The van der Waals surface area contributed by atoms with Crippen molar-refractivity contribution >= 4 is 11.7 Å². The molecule has 0 aliphatic carbocycles. The molecule has 2 aromatic rings. The minimum atomic E-state index is -0.737. The summed E-state index contributed by atoms with van der Waals surface area (Å²) in [5.74, 6) is -1.05. The zero-order chi connectivity index (χ0) is 13.1. The van der Waals surface area contributed by atoms with Crippen molar-refractivity contribution in [3.8, 4) is 0 Å². The van der Waals surface area contributed by atoms with Gasteiger partial charge in [-0.05, 0) is 23.4 Å². The van der Waals surface area contributed by atoms with E-state index in [4.69, 9.17) is 10.5 Å². The lowest BCUT2D eigenvalue weighted by Gasteiger charge is -2.05. The first-order chi connectivity index (χ1) is 8.56. The van der Waals surface area contributed by atoms with Crippen molar-refractivity contribution in [2.45, 2.75) is 6.61 Å². The molecular formula is C10H10FN5O2. The zero-order valence-electron chi connectivity index (χ0n) is 9.50. The molecule has 94 valence electrons. The van der Waals surface area contributed by atoms with Gasteiger partial charge in [0, 0.05) is 5.69 Å². The third-order valence-corrected chi connectivity index (χ3v) is 2.12. The van der Waals surface area contributed by atoms with E-state index in [1.54, 1.807) is 7.05 Å². The number of rotatable bonds is 3. The quantitative estimate of drug-likeness (QED) is 0.622. The first kappa shape index (κ1) is 12.0. The minimum absolute atomic E-state index is 0.0288. The minimum Gasteiger partial charge on any atom is -0.454 e. The van der Waals surface area contributed by atoms with Crippen molar-refractivity contribution in [3.63, 3.8) is 0 Å². The van der Waals surface area contributed by atoms with E-state index in [9.17, 15) is 9.18 Å². The van der Waals surface area contributed by atoms with E-state index in [1.165, 1.54) is 10.9 Å². The number of carbonyl (C=O) groups is 1. The monoisotopic (exact) mass is 251 g/mol. The van der Waals surface area contributed by atoms with E-state index < -0.39 is 11.8 Å². The topological polar surface area (TPSA) is 95.9 Å². The second kappa shape index (κ2) is 4.78. The summed E-state index contributed by atoms with van der Waals surface area (Å²) in [5, 5.41) is 11.0. The Hall–Kier alpha value is -2.51. The van der Waals surface area contributed by atoms with Crippen LogP contribution in [0.5, 0.6) is 0 Å². The largest absolute Gasteiger partial charge is 0.454 e. The van der Waals surface area contributed by atoms with E-state index in [0.717, 1.165) is 12.1 Å². The van der Waals surface area contributed by atoms with E-state index in [1.807, 2.05) is 0 Å². The number of nitrogens with zero attached hydrogens (tertiary/aromatic N) is 4. The van der Waals surface area contributed by atoms with Gasteiger partial charge in [0.25, 0.3) is 0 Å². The first-order valence-corrected chi connectivity index (χ1v) is 5.01. The van der Waals surface area contributed by atoms with Crippen LogP contribution in [0.1, 0.15) is 16.2 Å². The number of aromatic nitrogens is 4. The normalized spacial score (nSPS) is 10.3. The third kappa shape index (κ3) is 2.59. The number of esters is 1. The van der Waals surface area contributed by atoms with Crippen LogP contribution in [0.15, 0.2) is 18.2 Å². The summed E-state index contributed by atoms with van der Waals surface area (Å²) in [7, 11) is 1.59. The van der Waals surface area contributed by atoms with Crippen molar-refractivity contribution in [1.29, 1.82) is 0 Å². The Labute approximate surface area is 101 Å². The zero-order valence-corrected chi connectivity index (χ0v) is 9.50. The molecule has 2 N–H and O–H groups in total. The number of hydrogen-bond acceptors (Lipinski definition) is 6. The number of aryl methyl sites for hydroxylation is 1. The molecule has 0 unspecified atom stereocenters. The van der Waals surface area contributed by atoms with Crippen LogP contribution < -0.4 is 5.73 Å². The second-order valence-corrected chi connectivity index (χ2v) is 3.50. The van der Waals surface area contributed by atoms with Crippen LogP contribution >= 0.6 is 0 Å². The van der Waals surface area contributed by atoms with Crippen molar-refractivity contribution in [2.24, 2.45) is 7.05 Å². The Balaban J connectivity index is 2.05. The van der Waals surface area contributed by atoms with Gasteiger partial charge in [0.2, 0.25) is 5.82 Å². The highest BCUT2D eigenvalue weighted by atomic mass is 19.1. The van der Waals surface area contributed by atoms with Gasteiger partial charge in [-0.15, -0.1) is 10.2 Å². The maximum Gasteiger partial charge on any atom is 0.340 e. The van der Waals surface area contributed by atoms with Crippen molar-refractivity contribution in [2.75, 3.05) is 5.73 Å². The molecule has 0 saturated heterocycles. The summed E-state index contributed by atoms with van der Waals surface area (Å²) in [4.78, 5) is 12.9. The van der Waals surface area contributed by atoms with Crippen molar-refractivity contribution < 1.29 is 13.9 Å². The fourth-order valence-electron chi connectivity index (χ4n) is 1.29. The molecular weight excluding hydrogens is 241 g/mol. The molecule has 0 atom stereocenters. The number of halogens is 1. The molecule has 0 aliphatic heterocycles. The molecule has 0 aliphatic rings. The van der Waals surface area contributed by atoms with Crippen LogP contribution in [-0.2, 0) is 18.4 Å². The van der Waals surface area contributed by atoms with Crippen LogP contribution in [0.3, 0.4) is 0 Å². The molecule has 1 aromatic carbocycles. The molecule has 2 rings (SSSR count). The predicted molar refractivity (Wildman–Crippen MR) is 58.7 cm³/mol. The molecule has 0 amide bonds. The summed E-state index contributed by atoms with van der Waals surface area (Å²) < 4.78 is 17.9. The lowest BCUT2D eigenvalue weighted by atomic mass is 10.2. The van der Waals surface area contributed by atoms with E-state index in [0.29, 0.717) is 0 Å². The SMILES string of the molecule is Cn1nnc(COC(=O)c2cc(F)ccc2N)n1. The van der Waals surface area contributed by atoms with Gasteiger partial charge in [-0.3, -0.25) is 0 Å². The standard InChI is InChI=1S/C10H10FN5O2/c1-16-14-9(13-15-16)5-18-10(17)7-4-6(11)2-3-8(7)12/h2-4H,5,12H2,1H3. The lowest BCUT2D eigenvalue weighted by Crippen LogP contribution is -2.09. The summed E-state index contributed by atoms with van der Waals surface area (Å²) >= 11 is 0. The van der Waals surface area contributed by atoms with Crippen LogP contribution in [0, 0.1) is 5.82 Å². The van der Waals surface area contributed by atoms with E-state index >= 15 is 0 Å². The summed E-state index contributed by atoms with van der Waals surface area (Å²) in [6.07, 6.45) is 0. The van der Waals surface area contributed by atoms with Gasteiger partial charge in [0.15, 0.2) is 6.61 Å². The Morgan fingerprint density at radius 2 is 2.33 bits per heavy atom. The maximum atomic E-state index is 13.0. The fourth-order valence-corrected chi connectivity index (χ4v) is 1.29. The molecule has 0 radical (unpaired) electrons. The van der Waals surface area contributed by atoms with Crippen LogP contribution in [0.4, 0.5) is 10.1 Å². The van der Waals surface area contributed by atoms with Gasteiger partial charge in [-0.2, -0.15) is 4.80 Å². The van der Waals surface area contributed by atoms with Gasteiger partial charge in [-0.1, -0.05) is 0 Å². The average Bonchev–Trinajstić information content (AvgIpc) is 2.75. The highest BCUT2D eigenvalue weighted by molar-refractivity contribution is 5.94.